The van der Waals surface area contributed by atoms with Crippen molar-refractivity contribution in [3.05, 3.63) is 29.8 Å². The Bertz CT molecular complexity index is 395. The number of nitrogens with one attached hydrogen (secondary N) is 2. The van der Waals surface area contributed by atoms with Gasteiger partial charge in [-0.15, -0.1) is 0 Å². The van der Waals surface area contributed by atoms with E-state index in [1.165, 1.54) is 5.56 Å². The summed E-state index contributed by atoms with van der Waals surface area (Å²) in [6, 6.07) is 8.33. The summed E-state index contributed by atoms with van der Waals surface area (Å²) in [7, 11) is 1.71. The molecule has 0 saturated carbocycles. The summed E-state index contributed by atoms with van der Waals surface area (Å²) in [6.45, 7) is 6.00. The molecule has 1 aromatic carbocycles. The molecule has 4 heteroatoms. The summed E-state index contributed by atoms with van der Waals surface area (Å²) < 4.78 is 5.00. The van der Waals surface area contributed by atoms with Crippen molar-refractivity contribution in [1.82, 2.24) is 5.32 Å². The number of hydrogen-bond donors (Lipinski definition) is 2. The molecule has 0 aliphatic rings. The fourth-order valence-electron chi connectivity index (χ4n) is 1.85. The average molecular weight is 280 g/mol. The van der Waals surface area contributed by atoms with Gasteiger partial charge in [0, 0.05) is 25.9 Å². The quantitative estimate of drug-likeness (QED) is 0.591. The van der Waals surface area contributed by atoms with Crippen molar-refractivity contribution < 1.29 is 4.74 Å². The SMILES string of the molecule is CCC(C)c1ccccc1NC(=S)NCCCOC. The van der Waals surface area contributed by atoms with Gasteiger partial charge in [0.25, 0.3) is 0 Å². The molecule has 0 radical (unpaired) electrons. The van der Waals surface area contributed by atoms with Crippen LogP contribution >= 0.6 is 12.2 Å². The van der Waals surface area contributed by atoms with Crippen LogP contribution in [-0.2, 0) is 4.74 Å². The van der Waals surface area contributed by atoms with E-state index in [1.807, 2.05) is 6.07 Å². The minimum atomic E-state index is 0.528. The van der Waals surface area contributed by atoms with Gasteiger partial charge in [-0.1, -0.05) is 32.0 Å². The zero-order chi connectivity index (χ0) is 14.1. The van der Waals surface area contributed by atoms with Gasteiger partial charge in [0.1, 0.15) is 0 Å². The van der Waals surface area contributed by atoms with Gasteiger partial charge in [-0.25, -0.2) is 0 Å². The first kappa shape index (κ1) is 15.9. The maximum atomic E-state index is 5.30. The Kier molecular flexibility index (Phi) is 7.45. The molecule has 0 amide bonds. The maximum absolute atomic E-state index is 5.30. The van der Waals surface area contributed by atoms with Crippen molar-refractivity contribution >= 4 is 23.0 Å². The highest BCUT2D eigenvalue weighted by molar-refractivity contribution is 7.80. The molecule has 0 aliphatic heterocycles. The van der Waals surface area contributed by atoms with E-state index >= 15 is 0 Å². The van der Waals surface area contributed by atoms with Gasteiger partial charge >= 0.3 is 0 Å². The van der Waals surface area contributed by atoms with Crippen molar-refractivity contribution in [2.24, 2.45) is 0 Å². The van der Waals surface area contributed by atoms with Crippen molar-refractivity contribution in [3.63, 3.8) is 0 Å². The highest BCUT2D eigenvalue weighted by Gasteiger charge is 2.09. The number of ether oxygens (including phenoxy) is 1. The summed E-state index contributed by atoms with van der Waals surface area (Å²) in [4.78, 5) is 0. The van der Waals surface area contributed by atoms with Gasteiger partial charge in [0.15, 0.2) is 5.11 Å². The Labute approximate surface area is 121 Å². The molecule has 106 valence electrons. The molecule has 0 heterocycles. The second-order valence-electron chi connectivity index (χ2n) is 4.62. The molecular weight excluding hydrogens is 256 g/mol. The van der Waals surface area contributed by atoms with Gasteiger partial charge < -0.3 is 15.4 Å². The Morgan fingerprint density at radius 3 is 2.79 bits per heavy atom. The summed E-state index contributed by atoms with van der Waals surface area (Å²) in [6.07, 6.45) is 2.07. The van der Waals surface area contributed by atoms with Gasteiger partial charge in [0.05, 0.1) is 0 Å². The minimum Gasteiger partial charge on any atom is -0.385 e. The zero-order valence-electron chi connectivity index (χ0n) is 12.0. The fourth-order valence-corrected chi connectivity index (χ4v) is 2.06. The molecule has 1 aromatic rings. The van der Waals surface area contributed by atoms with Crippen LogP contribution in [0, 0.1) is 0 Å². The standard InChI is InChI=1S/C15H24N2OS/c1-4-12(2)13-8-5-6-9-14(13)17-15(19)16-10-7-11-18-3/h5-6,8-9,12H,4,7,10-11H2,1-3H3,(H2,16,17,19). The van der Waals surface area contributed by atoms with Crippen LogP contribution < -0.4 is 10.6 Å². The smallest absolute Gasteiger partial charge is 0.170 e. The molecule has 0 spiro atoms. The lowest BCUT2D eigenvalue weighted by molar-refractivity contribution is 0.196. The van der Waals surface area contributed by atoms with Crippen LogP contribution in [0.5, 0.6) is 0 Å². The zero-order valence-corrected chi connectivity index (χ0v) is 12.8. The lowest BCUT2D eigenvalue weighted by Gasteiger charge is -2.17. The fraction of sp³-hybridized carbons (Fsp3) is 0.533. The first-order valence-corrected chi connectivity index (χ1v) is 7.22. The number of para-hydroxylation sites is 1. The van der Waals surface area contributed by atoms with Crippen LogP contribution in [0.1, 0.15) is 38.2 Å². The van der Waals surface area contributed by atoms with E-state index in [9.17, 15) is 0 Å². The first-order valence-electron chi connectivity index (χ1n) is 6.81. The van der Waals surface area contributed by atoms with Gasteiger partial charge in [-0.3, -0.25) is 0 Å². The Morgan fingerprint density at radius 2 is 2.11 bits per heavy atom. The molecule has 0 fully saturated rings. The average Bonchev–Trinajstić information content (AvgIpc) is 2.43. The largest absolute Gasteiger partial charge is 0.385 e. The molecule has 0 saturated heterocycles. The summed E-state index contributed by atoms with van der Waals surface area (Å²) in [5, 5.41) is 7.15. The first-order chi connectivity index (χ1) is 9.19. The van der Waals surface area contributed by atoms with Crippen molar-refractivity contribution in [2.75, 3.05) is 25.6 Å². The molecule has 0 bridgehead atoms. The highest BCUT2D eigenvalue weighted by atomic mass is 32.1. The Morgan fingerprint density at radius 1 is 1.37 bits per heavy atom. The normalized spacial score (nSPS) is 11.9. The highest BCUT2D eigenvalue weighted by Crippen LogP contribution is 2.26. The van der Waals surface area contributed by atoms with Crippen LogP contribution in [0.3, 0.4) is 0 Å². The summed E-state index contributed by atoms with van der Waals surface area (Å²) in [5.74, 6) is 0.528. The molecule has 1 atom stereocenters. The maximum Gasteiger partial charge on any atom is 0.170 e. The Balaban J connectivity index is 2.54. The summed E-state index contributed by atoms with van der Waals surface area (Å²) in [5.41, 5.74) is 2.41. The van der Waals surface area contributed by atoms with E-state index in [2.05, 4.69) is 42.7 Å². The van der Waals surface area contributed by atoms with Crippen LogP contribution in [-0.4, -0.2) is 25.4 Å². The molecule has 0 aromatic heterocycles. The third-order valence-corrected chi connectivity index (χ3v) is 3.41. The van der Waals surface area contributed by atoms with Crippen LogP contribution in [0.15, 0.2) is 24.3 Å². The van der Waals surface area contributed by atoms with Crippen LogP contribution in [0.25, 0.3) is 0 Å². The number of hydrogen-bond acceptors (Lipinski definition) is 2. The van der Waals surface area contributed by atoms with Crippen molar-refractivity contribution in [3.8, 4) is 0 Å². The predicted octanol–water partition coefficient (Wildman–Crippen LogP) is 3.52. The number of thiocarbonyl (C=S) groups is 1. The minimum absolute atomic E-state index is 0.528. The third-order valence-electron chi connectivity index (χ3n) is 3.16. The van der Waals surface area contributed by atoms with Gasteiger partial charge in [-0.2, -0.15) is 0 Å². The number of benzene rings is 1. The van der Waals surface area contributed by atoms with Gasteiger partial charge in [0.2, 0.25) is 0 Å². The molecular formula is C15H24N2OS. The molecule has 19 heavy (non-hydrogen) atoms. The number of methoxy groups -OCH3 is 1. The Hall–Kier alpha value is -1.13. The second kappa shape index (κ2) is 8.88. The monoisotopic (exact) mass is 280 g/mol. The van der Waals surface area contributed by atoms with E-state index in [-0.39, 0.29) is 0 Å². The third kappa shape index (κ3) is 5.57. The van der Waals surface area contributed by atoms with E-state index in [0.29, 0.717) is 11.0 Å². The van der Waals surface area contributed by atoms with E-state index in [0.717, 1.165) is 31.7 Å². The molecule has 1 unspecified atom stereocenters. The van der Waals surface area contributed by atoms with Crippen molar-refractivity contribution in [2.45, 2.75) is 32.6 Å². The molecule has 2 N–H and O–H groups in total. The predicted molar refractivity (Wildman–Crippen MR) is 85.9 cm³/mol. The lowest BCUT2D eigenvalue weighted by Crippen LogP contribution is -2.30. The van der Waals surface area contributed by atoms with E-state index in [1.54, 1.807) is 7.11 Å². The molecule has 0 aliphatic carbocycles. The van der Waals surface area contributed by atoms with E-state index in [4.69, 9.17) is 17.0 Å². The van der Waals surface area contributed by atoms with Crippen LogP contribution in [0.2, 0.25) is 0 Å². The van der Waals surface area contributed by atoms with Crippen LogP contribution in [0.4, 0.5) is 5.69 Å². The van der Waals surface area contributed by atoms with Crippen molar-refractivity contribution in [1.29, 1.82) is 0 Å². The summed E-state index contributed by atoms with van der Waals surface area (Å²) >= 11 is 5.30. The topological polar surface area (TPSA) is 33.3 Å². The second-order valence-corrected chi connectivity index (χ2v) is 5.03. The lowest BCUT2D eigenvalue weighted by atomic mass is 9.97. The number of anilines is 1. The number of rotatable bonds is 7. The van der Waals surface area contributed by atoms with E-state index < -0.39 is 0 Å². The molecule has 3 nitrogen and oxygen atoms in total. The van der Waals surface area contributed by atoms with Gasteiger partial charge in [-0.05, 0) is 42.6 Å². The molecule has 1 rings (SSSR count).